The molecule has 6 nitrogen and oxygen atoms in total. The van der Waals surface area contributed by atoms with Crippen LogP contribution in [0, 0.1) is 0 Å². The van der Waals surface area contributed by atoms with Crippen LogP contribution in [0.5, 0.6) is 5.75 Å². The topological polar surface area (TPSA) is 64.9 Å². The van der Waals surface area contributed by atoms with E-state index in [2.05, 4.69) is 39.4 Å². The van der Waals surface area contributed by atoms with E-state index in [1.807, 2.05) is 19.2 Å². The second-order valence-corrected chi connectivity index (χ2v) is 5.11. The summed E-state index contributed by atoms with van der Waals surface area (Å²) in [5, 5.41) is 8.66. The van der Waals surface area contributed by atoms with E-state index in [-0.39, 0.29) is 6.04 Å². The smallest absolute Gasteiger partial charge is 0.163 e. The first kappa shape index (κ1) is 14.3. The van der Waals surface area contributed by atoms with Crippen molar-refractivity contribution in [2.24, 2.45) is 7.05 Å². The van der Waals surface area contributed by atoms with E-state index in [1.54, 1.807) is 24.3 Å². The summed E-state index contributed by atoms with van der Waals surface area (Å²) >= 11 is 0. The molecule has 2 aromatic heterocycles. The van der Waals surface area contributed by atoms with Crippen LogP contribution in [-0.2, 0) is 7.05 Å². The average Bonchev–Trinajstić information content (AvgIpc) is 2.95. The second-order valence-electron chi connectivity index (χ2n) is 5.11. The number of nitrogens with one attached hydrogen (secondary N) is 1. The number of hydrogen-bond acceptors (Lipinski definition) is 5. The maximum atomic E-state index is 5.21. The number of anilines is 1. The third kappa shape index (κ3) is 2.59. The molecule has 1 N–H and O–H groups in total. The Morgan fingerprint density at radius 2 is 2.00 bits per heavy atom. The molecular formula is C16H19N5O. The lowest BCUT2D eigenvalue weighted by Gasteiger charge is -2.18. The lowest BCUT2D eigenvalue weighted by atomic mass is 10.0. The molecule has 0 saturated heterocycles. The van der Waals surface area contributed by atoms with Crippen molar-refractivity contribution in [2.45, 2.75) is 19.4 Å². The highest BCUT2D eigenvalue weighted by atomic mass is 16.5. The summed E-state index contributed by atoms with van der Waals surface area (Å²) < 4.78 is 6.96. The molecule has 1 aromatic carbocycles. The van der Waals surface area contributed by atoms with Gasteiger partial charge in [0.15, 0.2) is 5.65 Å². The molecule has 2 heterocycles. The normalized spacial score (nSPS) is 12.3. The molecule has 3 aromatic rings. The van der Waals surface area contributed by atoms with Crippen LogP contribution in [0.4, 0.5) is 5.82 Å². The molecule has 0 fully saturated rings. The number of fused-ring (bicyclic) bond motifs is 1. The lowest BCUT2D eigenvalue weighted by molar-refractivity contribution is 0.414. The number of ether oxygens (including phenoxy) is 1. The molecule has 22 heavy (non-hydrogen) atoms. The van der Waals surface area contributed by atoms with Gasteiger partial charge >= 0.3 is 0 Å². The van der Waals surface area contributed by atoms with E-state index in [1.165, 1.54) is 5.56 Å². The molecule has 1 atom stereocenters. The van der Waals surface area contributed by atoms with Crippen LogP contribution < -0.4 is 10.1 Å². The molecule has 1 unspecified atom stereocenters. The predicted molar refractivity (Wildman–Crippen MR) is 86.0 cm³/mol. The minimum atomic E-state index is 0.171. The number of benzene rings is 1. The third-order valence-electron chi connectivity index (χ3n) is 3.77. The first-order valence-electron chi connectivity index (χ1n) is 7.26. The minimum absolute atomic E-state index is 0.171. The first-order valence-corrected chi connectivity index (χ1v) is 7.26. The van der Waals surface area contributed by atoms with Crippen molar-refractivity contribution >= 4 is 16.9 Å². The summed E-state index contributed by atoms with van der Waals surface area (Å²) in [5.41, 5.74) is 2.01. The Morgan fingerprint density at radius 3 is 2.68 bits per heavy atom. The highest BCUT2D eigenvalue weighted by Crippen LogP contribution is 2.26. The number of nitrogens with zero attached hydrogens (tertiary/aromatic N) is 4. The molecule has 0 aliphatic rings. The van der Waals surface area contributed by atoms with Gasteiger partial charge in [0, 0.05) is 7.05 Å². The Labute approximate surface area is 129 Å². The van der Waals surface area contributed by atoms with Crippen molar-refractivity contribution in [1.82, 2.24) is 19.7 Å². The molecule has 0 spiro atoms. The Hall–Kier alpha value is -2.63. The zero-order chi connectivity index (χ0) is 15.5. The van der Waals surface area contributed by atoms with E-state index >= 15 is 0 Å². The third-order valence-corrected chi connectivity index (χ3v) is 3.77. The van der Waals surface area contributed by atoms with Gasteiger partial charge in [0.25, 0.3) is 0 Å². The number of rotatable bonds is 5. The van der Waals surface area contributed by atoms with Gasteiger partial charge in [-0.3, -0.25) is 4.68 Å². The van der Waals surface area contributed by atoms with Gasteiger partial charge < -0.3 is 10.1 Å². The highest BCUT2D eigenvalue weighted by Gasteiger charge is 2.13. The molecule has 6 heteroatoms. The maximum Gasteiger partial charge on any atom is 0.163 e. The summed E-state index contributed by atoms with van der Waals surface area (Å²) in [5.74, 6) is 1.66. The molecule has 0 aliphatic heterocycles. The van der Waals surface area contributed by atoms with Crippen LogP contribution in [0.15, 0.2) is 36.8 Å². The van der Waals surface area contributed by atoms with Crippen LogP contribution in [0.2, 0.25) is 0 Å². The van der Waals surface area contributed by atoms with Crippen LogP contribution in [-0.4, -0.2) is 26.9 Å². The van der Waals surface area contributed by atoms with E-state index in [0.717, 1.165) is 29.0 Å². The van der Waals surface area contributed by atoms with Crippen LogP contribution in [0.25, 0.3) is 11.0 Å². The Kier molecular flexibility index (Phi) is 3.91. The zero-order valence-electron chi connectivity index (χ0n) is 12.9. The summed E-state index contributed by atoms with van der Waals surface area (Å²) in [6.07, 6.45) is 4.30. The molecule has 114 valence electrons. The van der Waals surface area contributed by atoms with Gasteiger partial charge in [0.2, 0.25) is 0 Å². The SMILES string of the molecule is CCC(Nc1ncnc2c1cnn2C)c1ccc(OC)cc1. The summed E-state index contributed by atoms with van der Waals surface area (Å²) in [7, 11) is 3.55. The standard InChI is InChI=1S/C16H19N5O/c1-4-14(11-5-7-12(22-3)8-6-11)20-15-13-9-19-21(2)16(13)18-10-17-15/h5-10,14H,4H2,1-3H3,(H,17,18,20). The van der Waals surface area contributed by atoms with Gasteiger partial charge in [-0.15, -0.1) is 0 Å². The lowest BCUT2D eigenvalue weighted by Crippen LogP contribution is -2.11. The van der Waals surface area contributed by atoms with E-state index < -0.39 is 0 Å². The van der Waals surface area contributed by atoms with Crippen molar-refractivity contribution in [3.8, 4) is 5.75 Å². The van der Waals surface area contributed by atoms with E-state index in [0.29, 0.717) is 0 Å². The number of hydrogen-bond donors (Lipinski definition) is 1. The summed E-state index contributed by atoms with van der Waals surface area (Å²) in [4.78, 5) is 8.63. The molecule has 0 amide bonds. The van der Waals surface area contributed by atoms with Gasteiger partial charge in [-0.1, -0.05) is 19.1 Å². The fraction of sp³-hybridized carbons (Fsp3) is 0.312. The fourth-order valence-electron chi connectivity index (χ4n) is 2.50. The quantitative estimate of drug-likeness (QED) is 0.784. The fourth-order valence-corrected chi connectivity index (χ4v) is 2.50. The zero-order valence-corrected chi connectivity index (χ0v) is 12.9. The first-order chi connectivity index (χ1) is 10.7. The van der Waals surface area contributed by atoms with Crippen molar-refractivity contribution in [3.05, 3.63) is 42.4 Å². The van der Waals surface area contributed by atoms with Crippen LogP contribution in [0.1, 0.15) is 24.9 Å². The van der Waals surface area contributed by atoms with Crippen molar-refractivity contribution in [1.29, 1.82) is 0 Å². The monoisotopic (exact) mass is 297 g/mol. The van der Waals surface area contributed by atoms with Gasteiger partial charge in [-0.05, 0) is 24.1 Å². The Bertz CT molecular complexity index is 766. The molecule has 0 aliphatic carbocycles. The summed E-state index contributed by atoms with van der Waals surface area (Å²) in [6, 6.07) is 8.26. The second kappa shape index (κ2) is 6.01. The van der Waals surface area contributed by atoms with Crippen LogP contribution >= 0.6 is 0 Å². The predicted octanol–water partition coefficient (Wildman–Crippen LogP) is 2.94. The van der Waals surface area contributed by atoms with E-state index in [4.69, 9.17) is 4.74 Å². The molecule has 0 saturated carbocycles. The molecule has 0 radical (unpaired) electrons. The number of aromatic nitrogens is 4. The maximum absolute atomic E-state index is 5.21. The number of methoxy groups -OCH3 is 1. The van der Waals surface area contributed by atoms with Gasteiger partial charge in [0.1, 0.15) is 17.9 Å². The van der Waals surface area contributed by atoms with Gasteiger partial charge in [-0.2, -0.15) is 5.10 Å². The molecule has 3 rings (SSSR count). The largest absolute Gasteiger partial charge is 0.497 e. The van der Waals surface area contributed by atoms with Gasteiger partial charge in [-0.25, -0.2) is 9.97 Å². The Morgan fingerprint density at radius 1 is 1.23 bits per heavy atom. The average molecular weight is 297 g/mol. The molecular weight excluding hydrogens is 278 g/mol. The highest BCUT2D eigenvalue weighted by molar-refractivity contribution is 5.86. The Balaban J connectivity index is 1.90. The summed E-state index contributed by atoms with van der Waals surface area (Å²) in [6.45, 7) is 2.14. The van der Waals surface area contributed by atoms with Crippen LogP contribution in [0.3, 0.4) is 0 Å². The van der Waals surface area contributed by atoms with Crippen molar-refractivity contribution < 1.29 is 4.74 Å². The molecule has 0 bridgehead atoms. The van der Waals surface area contributed by atoms with Crippen molar-refractivity contribution in [2.75, 3.05) is 12.4 Å². The number of aryl methyl sites for hydroxylation is 1. The minimum Gasteiger partial charge on any atom is -0.497 e. The van der Waals surface area contributed by atoms with Crippen molar-refractivity contribution in [3.63, 3.8) is 0 Å². The van der Waals surface area contributed by atoms with Gasteiger partial charge in [0.05, 0.1) is 24.7 Å². The van der Waals surface area contributed by atoms with E-state index in [9.17, 15) is 0 Å².